The van der Waals surface area contributed by atoms with E-state index in [0.717, 1.165) is 28.2 Å². The molecule has 3 rings (SSSR count). The number of nitrogens with zero attached hydrogens (tertiary/aromatic N) is 2. The van der Waals surface area contributed by atoms with E-state index in [0.29, 0.717) is 22.9 Å². The number of hydrogen-bond donors (Lipinski definition) is 4. The van der Waals surface area contributed by atoms with Crippen molar-refractivity contribution in [2.75, 3.05) is 16.0 Å². The fourth-order valence-corrected chi connectivity index (χ4v) is 3.01. The van der Waals surface area contributed by atoms with Gasteiger partial charge in [0, 0.05) is 28.3 Å². The number of allylic oxidation sites excluding steroid dienone is 4. The highest BCUT2D eigenvalue weighted by atomic mass is 16.1. The molecule has 0 saturated heterocycles. The number of amides is 1. The van der Waals surface area contributed by atoms with Crippen molar-refractivity contribution in [2.24, 2.45) is 5.73 Å². The van der Waals surface area contributed by atoms with E-state index in [-0.39, 0.29) is 5.91 Å². The molecule has 3 aromatic rings. The van der Waals surface area contributed by atoms with E-state index >= 15 is 0 Å². The Bertz CT molecular complexity index is 1260. The van der Waals surface area contributed by atoms with Gasteiger partial charge in [-0.25, -0.2) is 9.97 Å². The number of aryl methyl sites for hydroxylation is 1. The van der Waals surface area contributed by atoms with Gasteiger partial charge < -0.3 is 21.7 Å². The molecule has 7 nitrogen and oxygen atoms in total. The monoisotopic (exact) mass is 452 g/mol. The lowest BCUT2D eigenvalue weighted by Crippen LogP contribution is -2.13. The number of nitrogens with one attached hydrogen (secondary N) is 3. The number of anilines is 3. The van der Waals surface area contributed by atoms with Gasteiger partial charge in [0.15, 0.2) is 0 Å². The summed E-state index contributed by atoms with van der Waals surface area (Å²) in [6.45, 7) is 11.6. The lowest BCUT2D eigenvalue weighted by atomic mass is 10.1. The van der Waals surface area contributed by atoms with E-state index in [4.69, 9.17) is 5.73 Å². The van der Waals surface area contributed by atoms with Crippen LogP contribution in [0.5, 0.6) is 0 Å². The molecule has 0 aliphatic carbocycles. The first kappa shape index (κ1) is 24.0. The van der Waals surface area contributed by atoms with E-state index in [2.05, 4.69) is 45.1 Å². The molecular weight excluding hydrogens is 424 g/mol. The molecule has 1 heterocycles. The van der Waals surface area contributed by atoms with Crippen molar-refractivity contribution < 1.29 is 4.79 Å². The van der Waals surface area contributed by atoms with Gasteiger partial charge in [-0.15, -0.1) is 0 Å². The molecule has 0 aliphatic rings. The number of benzene rings is 2. The minimum atomic E-state index is -0.266. The minimum absolute atomic E-state index is 0.266. The average molecular weight is 453 g/mol. The number of aromatic nitrogens is 2. The lowest BCUT2D eigenvalue weighted by molar-refractivity contribution is 0.102. The number of carbonyl (C=O) groups excluding carboxylic acids is 1. The maximum atomic E-state index is 12.7. The smallest absolute Gasteiger partial charge is 0.255 e. The Hall–Kier alpha value is -4.65. The normalized spacial score (nSPS) is 11.2. The summed E-state index contributed by atoms with van der Waals surface area (Å²) in [5.74, 6) is 0.143. The highest BCUT2D eigenvalue weighted by molar-refractivity contribution is 6.04. The Morgan fingerprint density at radius 2 is 1.65 bits per heavy atom. The maximum Gasteiger partial charge on any atom is 0.255 e. The van der Waals surface area contributed by atoms with Crippen molar-refractivity contribution in [3.05, 3.63) is 120 Å². The van der Waals surface area contributed by atoms with Gasteiger partial charge in [0.25, 0.3) is 5.91 Å². The predicted molar refractivity (Wildman–Crippen MR) is 140 cm³/mol. The summed E-state index contributed by atoms with van der Waals surface area (Å²) in [5.41, 5.74) is 11.4. The standard InChI is InChI=1S/C27H28N6O/c1-18-8-5-11-22(14-18)21(4)32-24-13-7-12-23(15-24)26(34)33-25-16-29-27(30-17-25)31-20(3)10-6-9-19(2)28/h5-17,32H,2,4,28H2,1,3H3,(H,33,34)(H,29,30,31)/b9-6-,20-10+. The quantitative estimate of drug-likeness (QED) is 0.321. The molecule has 0 aliphatic heterocycles. The molecule has 34 heavy (non-hydrogen) atoms. The Morgan fingerprint density at radius 1 is 0.941 bits per heavy atom. The van der Waals surface area contributed by atoms with Crippen LogP contribution >= 0.6 is 0 Å². The molecule has 2 aromatic carbocycles. The number of carbonyl (C=O) groups is 1. The molecule has 5 N–H and O–H groups in total. The zero-order chi connectivity index (χ0) is 24.5. The molecule has 1 aromatic heterocycles. The largest absolute Gasteiger partial charge is 0.399 e. The predicted octanol–water partition coefficient (Wildman–Crippen LogP) is 5.46. The molecule has 0 fully saturated rings. The Morgan fingerprint density at radius 3 is 2.35 bits per heavy atom. The van der Waals surface area contributed by atoms with E-state index < -0.39 is 0 Å². The maximum absolute atomic E-state index is 12.7. The van der Waals surface area contributed by atoms with Crippen molar-refractivity contribution in [3.8, 4) is 0 Å². The van der Waals surface area contributed by atoms with Crippen LogP contribution in [0, 0.1) is 6.92 Å². The van der Waals surface area contributed by atoms with Crippen LogP contribution in [-0.4, -0.2) is 15.9 Å². The van der Waals surface area contributed by atoms with Gasteiger partial charge in [-0.1, -0.05) is 49.1 Å². The second kappa shape index (κ2) is 11.3. The van der Waals surface area contributed by atoms with E-state index in [9.17, 15) is 4.79 Å². The number of nitrogens with two attached hydrogens (primary N) is 1. The first-order valence-electron chi connectivity index (χ1n) is 10.6. The third-order valence-corrected chi connectivity index (χ3v) is 4.66. The van der Waals surface area contributed by atoms with Crippen LogP contribution in [0.25, 0.3) is 5.70 Å². The second-order valence-corrected chi connectivity index (χ2v) is 7.71. The Balaban J connectivity index is 1.61. The molecule has 0 bridgehead atoms. The molecule has 0 spiro atoms. The summed E-state index contributed by atoms with van der Waals surface area (Å²) in [5, 5.41) is 9.13. The van der Waals surface area contributed by atoms with Crippen molar-refractivity contribution in [3.63, 3.8) is 0 Å². The van der Waals surface area contributed by atoms with Gasteiger partial charge in [0.2, 0.25) is 5.95 Å². The van der Waals surface area contributed by atoms with Crippen molar-refractivity contribution in [2.45, 2.75) is 13.8 Å². The Kier molecular flexibility index (Phi) is 7.97. The van der Waals surface area contributed by atoms with Crippen molar-refractivity contribution in [1.29, 1.82) is 0 Å². The van der Waals surface area contributed by atoms with Crippen LogP contribution in [0.1, 0.15) is 28.4 Å². The first-order valence-corrected chi connectivity index (χ1v) is 10.6. The fourth-order valence-electron chi connectivity index (χ4n) is 3.01. The van der Waals surface area contributed by atoms with Crippen LogP contribution in [0.3, 0.4) is 0 Å². The van der Waals surface area contributed by atoms with Crippen molar-refractivity contribution in [1.82, 2.24) is 9.97 Å². The third kappa shape index (κ3) is 7.20. The molecule has 172 valence electrons. The van der Waals surface area contributed by atoms with Gasteiger partial charge in [0.1, 0.15) is 0 Å². The topological polar surface area (TPSA) is 105 Å². The van der Waals surface area contributed by atoms with Crippen LogP contribution < -0.4 is 21.7 Å². The Labute approximate surface area is 199 Å². The summed E-state index contributed by atoms with van der Waals surface area (Å²) in [6.07, 6.45) is 8.37. The van der Waals surface area contributed by atoms with Crippen LogP contribution in [0.2, 0.25) is 0 Å². The second-order valence-electron chi connectivity index (χ2n) is 7.71. The average Bonchev–Trinajstić information content (AvgIpc) is 2.80. The van der Waals surface area contributed by atoms with Crippen LogP contribution in [0.4, 0.5) is 17.3 Å². The molecular formula is C27H28N6O. The molecule has 0 radical (unpaired) electrons. The minimum Gasteiger partial charge on any atom is -0.399 e. The van der Waals surface area contributed by atoms with E-state index in [1.165, 1.54) is 0 Å². The third-order valence-electron chi connectivity index (χ3n) is 4.66. The van der Waals surface area contributed by atoms with Crippen LogP contribution in [-0.2, 0) is 0 Å². The number of hydrogen-bond acceptors (Lipinski definition) is 6. The fraction of sp³-hybridized carbons (Fsp3) is 0.0741. The SMILES string of the molecule is C=C(N)/C=C\C=C(/C)Nc1ncc(NC(=O)c2cccc(NC(=C)c3cccc(C)c3)c2)cn1. The summed E-state index contributed by atoms with van der Waals surface area (Å²) in [4.78, 5) is 21.2. The van der Waals surface area contributed by atoms with E-state index in [1.807, 2.05) is 50.3 Å². The number of rotatable bonds is 9. The van der Waals surface area contributed by atoms with Gasteiger partial charge >= 0.3 is 0 Å². The summed E-state index contributed by atoms with van der Waals surface area (Å²) < 4.78 is 0. The van der Waals surface area contributed by atoms with Gasteiger partial charge in [-0.2, -0.15) is 0 Å². The molecule has 0 atom stereocenters. The summed E-state index contributed by atoms with van der Waals surface area (Å²) in [6, 6.07) is 15.3. The summed E-state index contributed by atoms with van der Waals surface area (Å²) >= 11 is 0. The zero-order valence-electron chi connectivity index (χ0n) is 19.3. The molecule has 7 heteroatoms. The first-order chi connectivity index (χ1) is 16.3. The molecule has 0 saturated carbocycles. The zero-order valence-corrected chi connectivity index (χ0v) is 19.3. The lowest BCUT2D eigenvalue weighted by Gasteiger charge is -2.12. The van der Waals surface area contributed by atoms with Crippen molar-refractivity contribution >= 4 is 28.9 Å². The van der Waals surface area contributed by atoms with Gasteiger partial charge in [-0.05, 0) is 55.8 Å². The highest BCUT2D eigenvalue weighted by Crippen LogP contribution is 2.20. The highest BCUT2D eigenvalue weighted by Gasteiger charge is 2.09. The van der Waals surface area contributed by atoms with Gasteiger partial charge in [0.05, 0.1) is 18.1 Å². The van der Waals surface area contributed by atoms with Gasteiger partial charge in [-0.3, -0.25) is 4.79 Å². The summed E-state index contributed by atoms with van der Waals surface area (Å²) in [7, 11) is 0. The van der Waals surface area contributed by atoms with E-state index in [1.54, 1.807) is 36.7 Å². The molecule has 0 unspecified atom stereocenters. The van der Waals surface area contributed by atoms with Crippen LogP contribution in [0.15, 0.2) is 104 Å². The molecule has 1 amide bonds.